The van der Waals surface area contributed by atoms with Crippen molar-refractivity contribution >= 4 is 6.09 Å². The van der Waals surface area contributed by atoms with E-state index in [-0.39, 0.29) is 17.6 Å². The van der Waals surface area contributed by atoms with Crippen molar-refractivity contribution in [2.45, 2.75) is 124 Å². The Labute approximate surface area is 240 Å². The minimum absolute atomic E-state index is 0.00281. The summed E-state index contributed by atoms with van der Waals surface area (Å²) in [7, 11) is 0. The number of nitrogens with zero attached hydrogens (tertiary/aromatic N) is 1. The molecule has 3 fully saturated rings. The molecule has 4 rings (SSSR count). The third kappa shape index (κ3) is 6.55. The van der Waals surface area contributed by atoms with Crippen LogP contribution in [0.2, 0.25) is 0 Å². The van der Waals surface area contributed by atoms with Gasteiger partial charge in [0.2, 0.25) is 0 Å². The normalized spacial score (nSPS) is 36.5. The molecule has 3 saturated carbocycles. The molecule has 1 amide bonds. The van der Waals surface area contributed by atoms with E-state index in [0.29, 0.717) is 31.6 Å². The van der Waals surface area contributed by atoms with E-state index in [1.165, 1.54) is 51.4 Å². The molecule has 0 saturated heterocycles. The first-order valence-electron chi connectivity index (χ1n) is 16.7. The van der Waals surface area contributed by atoms with Crippen LogP contribution in [0.4, 0.5) is 4.79 Å². The largest absolute Gasteiger partial charge is 0.446 e. The molecule has 5 heteroatoms. The van der Waals surface area contributed by atoms with Gasteiger partial charge in [-0.1, -0.05) is 65.5 Å². The van der Waals surface area contributed by atoms with Gasteiger partial charge in [0, 0.05) is 19.5 Å². The molecule has 0 radical (unpaired) electrons. The molecule has 4 N–H and O–H groups in total. The Hall–Kier alpha value is -1.07. The van der Waals surface area contributed by atoms with Gasteiger partial charge >= 0.3 is 6.09 Å². The zero-order valence-corrected chi connectivity index (χ0v) is 26.1. The van der Waals surface area contributed by atoms with Gasteiger partial charge in [-0.25, -0.2) is 4.79 Å². The SMILES string of the molecule is CC(C)CCC[C@@H](C)[C@H]1CCC2C3CC=C4CC(OC(=O)N(CCCN)CCCN)CC[C@]4(C)C3CC[C@@]21C. The molecule has 0 bridgehead atoms. The summed E-state index contributed by atoms with van der Waals surface area (Å²) in [6.07, 6.45) is 18.2. The number of hydrogen-bond donors (Lipinski definition) is 2. The van der Waals surface area contributed by atoms with Crippen molar-refractivity contribution in [3.05, 3.63) is 11.6 Å². The maximum absolute atomic E-state index is 13.0. The number of hydrogen-bond acceptors (Lipinski definition) is 4. The highest BCUT2D eigenvalue weighted by Crippen LogP contribution is 2.67. The highest BCUT2D eigenvalue weighted by Gasteiger charge is 2.59. The zero-order valence-electron chi connectivity index (χ0n) is 26.1. The summed E-state index contributed by atoms with van der Waals surface area (Å²) in [5.41, 5.74) is 13.8. The molecule has 4 aliphatic carbocycles. The number of rotatable bonds is 12. The molecule has 39 heavy (non-hydrogen) atoms. The molecule has 0 aromatic carbocycles. The molecule has 0 aliphatic heterocycles. The lowest BCUT2D eigenvalue weighted by molar-refractivity contribution is -0.0593. The molecule has 0 aromatic heterocycles. The number of amides is 1. The Balaban J connectivity index is 1.39. The Morgan fingerprint density at radius 2 is 1.69 bits per heavy atom. The number of nitrogens with two attached hydrogens (primary N) is 2. The van der Waals surface area contributed by atoms with Crippen molar-refractivity contribution in [3.63, 3.8) is 0 Å². The highest BCUT2D eigenvalue weighted by atomic mass is 16.6. The first-order valence-corrected chi connectivity index (χ1v) is 16.7. The predicted octanol–water partition coefficient (Wildman–Crippen LogP) is 7.53. The second kappa shape index (κ2) is 13.3. The number of ether oxygens (including phenoxy) is 1. The molecule has 5 nitrogen and oxygen atoms in total. The van der Waals surface area contributed by atoms with E-state index in [0.717, 1.165) is 67.6 Å². The van der Waals surface area contributed by atoms with Crippen LogP contribution in [-0.2, 0) is 4.74 Å². The van der Waals surface area contributed by atoms with Gasteiger partial charge in [-0.05, 0) is 117 Å². The molecular weight excluding hydrogens is 482 g/mol. The van der Waals surface area contributed by atoms with Crippen molar-refractivity contribution in [1.29, 1.82) is 0 Å². The average Bonchev–Trinajstić information content (AvgIpc) is 3.26. The van der Waals surface area contributed by atoms with E-state index in [9.17, 15) is 4.79 Å². The summed E-state index contributed by atoms with van der Waals surface area (Å²) in [6.45, 7) is 15.0. The maximum Gasteiger partial charge on any atom is 0.410 e. The number of carbonyl (C=O) groups excluding carboxylic acids is 1. The van der Waals surface area contributed by atoms with Crippen LogP contribution < -0.4 is 11.5 Å². The quantitative estimate of drug-likeness (QED) is 0.249. The van der Waals surface area contributed by atoms with E-state index >= 15 is 0 Å². The topological polar surface area (TPSA) is 81.6 Å². The van der Waals surface area contributed by atoms with Crippen molar-refractivity contribution in [2.24, 2.45) is 57.8 Å². The predicted molar refractivity (Wildman–Crippen MR) is 162 cm³/mol. The van der Waals surface area contributed by atoms with Crippen molar-refractivity contribution < 1.29 is 9.53 Å². The zero-order chi connectivity index (χ0) is 28.2. The number of carbonyl (C=O) groups is 1. The lowest BCUT2D eigenvalue weighted by Gasteiger charge is -2.58. The number of allylic oxidation sites excluding steroid dienone is 1. The van der Waals surface area contributed by atoms with Crippen LogP contribution in [0, 0.1) is 46.3 Å². The summed E-state index contributed by atoms with van der Waals surface area (Å²) in [6, 6.07) is 0. The fourth-order valence-corrected chi connectivity index (χ4v) is 9.83. The summed E-state index contributed by atoms with van der Waals surface area (Å²) in [5.74, 6) is 5.12. The van der Waals surface area contributed by atoms with Gasteiger partial charge in [-0.3, -0.25) is 0 Å². The third-order valence-corrected chi connectivity index (χ3v) is 12.0. The van der Waals surface area contributed by atoms with Gasteiger partial charge in [0.25, 0.3) is 0 Å². The molecule has 4 unspecified atom stereocenters. The van der Waals surface area contributed by atoms with Gasteiger partial charge in [0.15, 0.2) is 0 Å². The Kier molecular flexibility index (Phi) is 10.5. The highest BCUT2D eigenvalue weighted by molar-refractivity contribution is 5.67. The summed E-state index contributed by atoms with van der Waals surface area (Å²) >= 11 is 0. The van der Waals surface area contributed by atoms with Crippen LogP contribution in [0.1, 0.15) is 118 Å². The van der Waals surface area contributed by atoms with Crippen LogP contribution in [0.5, 0.6) is 0 Å². The molecule has 0 spiro atoms. The van der Waals surface area contributed by atoms with Crippen LogP contribution in [-0.4, -0.2) is 43.3 Å². The first kappa shape index (κ1) is 30.9. The number of fused-ring (bicyclic) bond motifs is 5. The van der Waals surface area contributed by atoms with Crippen LogP contribution in [0.3, 0.4) is 0 Å². The van der Waals surface area contributed by atoms with Crippen molar-refractivity contribution in [2.75, 3.05) is 26.2 Å². The van der Waals surface area contributed by atoms with Crippen molar-refractivity contribution in [1.82, 2.24) is 4.90 Å². The third-order valence-electron chi connectivity index (χ3n) is 12.0. The van der Waals surface area contributed by atoms with Gasteiger partial charge in [0.05, 0.1) is 0 Å². The lowest BCUT2D eigenvalue weighted by Crippen LogP contribution is -2.51. The Bertz CT molecular complexity index is 834. The fourth-order valence-electron chi connectivity index (χ4n) is 9.83. The molecule has 0 aromatic rings. The van der Waals surface area contributed by atoms with E-state index in [1.54, 1.807) is 5.57 Å². The van der Waals surface area contributed by atoms with Gasteiger partial charge < -0.3 is 21.1 Å². The molecule has 224 valence electrons. The van der Waals surface area contributed by atoms with E-state index in [4.69, 9.17) is 16.2 Å². The van der Waals surface area contributed by atoms with Crippen LogP contribution >= 0.6 is 0 Å². The molecule has 0 heterocycles. The van der Waals surface area contributed by atoms with Crippen LogP contribution in [0.25, 0.3) is 0 Å². The van der Waals surface area contributed by atoms with Gasteiger partial charge in [-0.2, -0.15) is 0 Å². The van der Waals surface area contributed by atoms with E-state index in [1.807, 2.05) is 4.90 Å². The molecular formula is C34H61N3O2. The Morgan fingerprint density at radius 1 is 0.974 bits per heavy atom. The molecule has 4 aliphatic rings. The van der Waals surface area contributed by atoms with E-state index in [2.05, 4.69) is 40.7 Å². The minimum atomic E-state index is -0.173. The first-order chi connectivity index (χ1) is 18.6. The standard InChI is InChI=1S/C34H61N3O2/c1-24(2)9-6-10-25(3)29-13-14-30-28-12-11-26-23-27(39-32(38)37(21-7-19-35)22-8-20-36)15-17-33(26,4)31(28)16-18-34(29,30)5/h11,24-25,27-31H,6-10,12-23,35-36H2,1-5H3/t25-,27?,28?,29-,30?,31?,33+,34-/m1/s1. The summed E-state index contributed by atoms with van der Waals surface area (Å²) < 4.78 is 6.11. The van der Waals surface area contributed by atoms with Crippen LogP contribution in [0.15, 0.2) is 11.6 Å². The second-order valence-corrected chi connectivity index (χ2v) is 14.8. The summed E-state index contributed by atoms with van der Waals surface area (Å²) in [4.78, 5) is 14.9. The minimum Gasteiger partial charge on any atom is -0.446 e. The molecule has 8 atom stereocenters. The monoisotopic (exact) mass is 543 g/mol. The maximum atomic E-state index is 13.0. The fraction of sp³-hybridized carbons (Fsp3) is 0.912. The lowest BCUT2D eigenvalue weighted by atomic mass is 9.47. The summed E-state index contributed by atoms with van der Waals surface area (Å²) in [5, 5.41) is 0. The van der Waals surface area contributed by atoms with Gasteiger partial charge in [0.1, 0.15) is 6.10 Å². The van der Waals surface area contributed by atoms with E-state index < -0.39 is 0 Å². The second-order valence-electron chi connectivity index (χ2n) is 14.8. The van der Waals surface area contributed by atoms with Crippen molar-refractivity contribution in [3.8, 4) is 0 Å². The average molecular weight is 544 g/mol. The Morgan fingerprint density at radius 3 is 2.36 bits per heavy atom. The smallest absolute Gasteiger partial charge is 0.410 e. The van der Waals surface area contributed by atoms with Gasteiger partial charge in [-0.15, -0.1) is 0 Å².